The summed E-state index contributed by atoms with van der Waals surface area (Å²) in [6, 6.07) is 24.8. The lowest BCUT2D eigenvalue weighted by Crippen LogP contribution is -2.49. The Morgan fingerprint density at radius 3 is 2.39 bits per heavy atom. The number of methoxy groups -OCH3 is 1. The average molecular weight is 571 g/mol. The first-order valence-electron chi connectivity index (χ1n) is 13.2. The van der Waals surface area contributed by atoms with Crippen LogP contribution >= 0.6 is 0 Å². The van der Waals surface area contributed by atoms with Gasteiger partial charge in [-0.2, -0.15) is 0 Å². The van der Waals surface area contributed by atoms with Gasteiger partial charge in [-0.15, -0.1) is 0 Å². The molecule has 0 radical (unpaired) electrons. The van der Waals surface area contributed by atoms with Gasteiger partial charge in [-0.05, 0) is 65.6 Å². The molecule has 41 heavy (non-hydrogen) atoms. The van der Waals surface area contributed by atoms with Gasteiger partial charge >= 0.3 is 0 Å². The predicted molar refractivity (Wildman–Crippen MR) is 159 cm³/mol. The van der Waals surface area contributed by atoms with Crippen LogP contribution < -0.4 is 19.1 Å². The van der Waals surface area contributed by atoms with Crippen LogP contribution in [0.4, 0.5) is 11.4 Å². The Hall–Kier alpha value is -4.50. The number of rotatable bonds is 5. The van der Waals surface area contributed by atoms with E-state index in [1.807, 2.05) is 42.5 Å². The molecule has 5 aromatic rings. The molecular formula is C32H30N2O6S. The summed E-state index contributed by atoms with van der Waals surface area (Å²) in [5, 5.41) is 4.80. The number of sulfonamides is 1. The Bertz CT molecular complexity index is 1890. The minimum Gasteiger partial charge on any atom is -0.497 e. The molecule has 4 aromatic carbocycles. The van der Waals surface area contributed by atoms with E-state index >= 15 is 0 Å². The number of nitrogens with zero attached hydrogens (tertiary/aromatic N) is 1. The lowest BCUT2D eigenvalue weighted by molar-refractivity contribution is -0.122. The summed E-state index contributed by atoms with van der Waals surface area (Å²) in [4.78, 5) is 13.6. The minimum atomic E-state index is -4.04. The van der Waals surface area contributed by atoms with Gasteiger partial charge in [-0.3, -0.25) is 9.10 Å². The molecule has 1 atom stereocenters. The van der Waals surface area contributed by atoms with Gasteiger partial charge in [-0.25, -0.2) is 8.42 Å². The van der Waals surface area contributed by atoms with Crippen LogP contribution in [0.5, 0.6) is 11.5 Å². The summed E-state index contributed by atoms with van der Waals surface area (Å²) in [7, 11) is -2.52. The van der Waals surface area contributed by atoms with E-state index in [-0.39, 0.29) is 16.9 Å². The summed E-state index contributed by atoms with van der Waals surface area (Å²) in [5.41, 5.74) is 3.01. The topological polar surface area (TPSA) is 98.1 Å². The number of carbonyl (C=O) groups is 1. The number of para-hydroxylation sites is 1. The summed E-state index contributed by atoms with van der Waals surface area (Å²) >= 11 is 0. The minimum absolute atomic E-state index is 0.0850. The number of nitrogens with one attached hydrogen (secondary N) is 1. The third-order valence-corrected chi connectivity index (χ3v) is 9.07. The molecule has 6 rings (SSSR count). The number of furan rings is 1. The van der Waals surface area contributed by atoms with E-state index in [1.54, 1.807) is 30.3 Å². The fourth-order valence-electron chi connectivity index (χ4n) is 4.98. The van der Waals surface area contributed by atoms with Crippen molar-refractivity contribution in [1.82, 2.24) is 0 Å². The van der Waals surface area contributed by atoms with Crippen LogP contribution in [0, 0.1) is 0 Å². The molecule has 2 heterocycles. The summed E-state index contributed by atoms with van der Waals surface area (Å²) in [5.74, 6) is 0.384. The fraction of sp³-hybridized carbons (Fsp3) is 0.219. The fourth-order valence-corrected chi connectivity index (χ4v) is 6.45. The molecule has 1 aromatic heterocycles. The van der Waals surface area contributed by atoms with Gasteiger partial charge in [0.05, 0.1) is 24.2 Å². The third-order valence-electron chi connectivity index (χ3n) is 7.28. The number of anilines is 2. The SMILES string of the molecule is COc1ccc(S(=O)(=O)N2C[C@@H](C(=O)Nc3ccc4c(c3)oc3ccccc34)Oc3ccc(C(C)(C)C)cc32)cc1. The van der Waals surface area contributed by atoms with Gasteiger partial charge < -0.3 is 19.2 Å². The highest BCUT2D eigenvalue weighted by Gasteiger charge is 2.38. The molecule has 1 aliphatic rings. The average Bonchev–Trinajstić information content (AvgIpc) is 3.33. The molecule has 8 nitrogen and oxygen atoms in total. The van der Waals surface area contributed by atoms with E-state index in [0.29, 0.717) is 28.5 Å². The molecule has 0 saturated carbocycles. The smallest absolute Gasteiger partial charge is 0.267 e. The van der Waals surface area contributed by atoms with Crippen LogP contribution in [0.15, 0.2) is 94.2 Å². The number of carbonyl (C=O) groups excluding carboxylic acids is 1. The number of fused-ring (bicyclic) bond motifs is 4. The van der Waals surface area contributed by atoms with E-state index in [9.17, 15) is 13.2 Å². The van der Waals surface area contributed by atoms with Crippen molar-refractivity contribution in [2.75, 3.05) is 23.3 Å². The molecule has 9 heteroatoms. The molecule has 1 N–H and O–H groups in total. The van der Waals surface area contributed by atoms with E-state index in [1.165, 1.54) is 23.5 Å². The van der Waals surface area contributed by atoms with Gasteiger partial charge in [0.15, 0.2) is 6.10 Å². The molecule has 0 fully saturated rings. The molecule has 0 unspecified atom stereocenters. The number of amides is 1. The summed E-state index contributed by atoms with van der Waals surface area (Å²) < 4.78 is 46.4. The second-order valence-electron chi connectivity index (χ2n) is 11.0. The number of hydrogen-bond donors (Lipinski definition) is 1. The molecule has 0 bridgehead atoms. The van der Waals surface area contributed by atoms with Crippen molar-refractivity contribution in [2.45, 2.75) is 37.2 Å². The Kier molecular flexibility index (Phi) is 6.42. The molecule has 0 aliphatic carbocycles. The zero-order chi connectivity index (χ0) is 28.9. The maximum Gasteiger partial charge on any atom is 0.267 e. The van der Waals surface area contributed by atoms with Gasteiger partial charge in [0, 0.05) is 22.5 Å². The quantitative estimate of drug-likeness (QED) is 0.260. The highest BCUT2D eigenvalue weighted by Crippen LogP contribution is 2.40. The first-order chi connectivity index (χ1) is 19.5. The molecular weight excluding hydrogens is 540 g/mol. The second-order valence-corrected chi connectivity index (χ2v) is 12.9. The van der Waals surface area contributed by atoms with Crippen LogP contribution in [0.2, 0.25) is 0 Å². The predicted octanol–water partition coefficient (Wildman–Crippen LogP) is 6.49. The van der Waals surface area contributed by atoms with Crippen LogP contribution in [-0.4, -0.2) is 34.1 Å². The maximum absolute atomic E-state index is 14.0. The largest absolute Gasteiger partial charge is 0.497 e. The van der Waals surface area contributed by atoms with Gasteiger partial charge in [-0.1, -0.05) is 45.0 Å². The second kappa shape index (κ2) is 9.85. The highest BCUT2D eigenvalue weighted by atomic mass is 32.2. The van der Waals surface area contributed by atoms with E-state index < -0.39 is 22.0 Å². The van der Waals surface area contributed by atoms with E-state index in [0.717, 1.165) is 21.9 Å². The van der Waals surface area contributed by atoms with Crippen LogP contribution in [0.1, 0.15) is 26.3 Å². The number of ether oxygens (including phenoxy) is 2. The van der Waals surface area contributed by atoms with E-state index in [4.69, 9.17) is 13.9 Å². The zero-order valence-corrected chi connectivity index (χ0v) is 24.0. The van der Waals surface area contributed by atoms with Crippen molar-refractivity contribution in [1.29, 1.82) is 0 Å². The van der Waals surface area contributed by atoms with Crippen molar-refractivity contribution in [3.05, 3.63) is 90.5 Å². The van der Waals surface area contributed by atoms with Crippen molar-refractivity contribution < 1.29 is 27.1 Å². The lowest BCUT2D eigenvalue weighted by atomic mass is 9.86. The first-order valence-corrected chi connectivity index (χ1v) is 14.7. The highest BCUT2D eigenvalue weighted by molar-refractivity contribution is 7.92. The van der Waals surface area contributed by atoms with E-state index in [2.05, 4.69) is 26.1 Å². The van der Waals surface area contributed by atoms with Crippen LogP contribution in [0.3, 0.4) is 0 Å². The van der Waals surface area contributed by atoms with Gasteiger partial charge in [0.1, 0.15) is 22.7 Å². The molecule has 1 amide bonds. The maximum atomic E-state index is 14.0. The van der Waals surface area contributed by atoms with Gasteiger partial charge in [0.25, 0.3) is 15.9 Å². The molecule has 210 valence electrons. The first kappa shape index (κ1) is 26.7. The number of hydrogen-bond acceptors (Lipinski definition) is 6. The van der Waals surface area contributed by atoms with Crippen molar-refractivity contribution in [2.24, 2.45) is 0 Å². The number of benzene rings is 4. The van der Waals surface area contributed by atoms with Crippen molar-refractivity contribution >= 4 is 49.2 Å². The third kappa shape index (κ3) is 4.86. The summed E-state index contributed by atoms with van der Waals surface area (Å²) in [6.45, 7) is 5.95. The van der Waals surface area contributed by atoms with Crippen LogP contribution in [-0.2, 0) is 20.2 Å². The monoisotopic (exact) mass is 570 g/mol. The molecule has 1 aliphatic heterocycles. The molecule has 0 saturated heterocycles. The summed E-state index contributed by atoms with van der Waals surface area (Å²) in [6.07, 6.45) is -1.10. The molecule has 0 spiro atoms. The lowest BCUT2D eigenvalue weighted by Gasteiger charge is -2.36. The Labute approximate surface area is 238 Å². The van der Waals surface area contributed by atoms with Crippen molar-refractivity contribution in [3.63, 3.8) is 0 Å². The Balaban J connectivity index is 1.34. The normalized spacial score (nSPS) is 15.4. The van der Waals surface area contributed by atoms with Crippen molar-refractivity contribution in [3.8, 4) is 11.5 Å². The zero-order valence-electron chi connectivity index (χ0n) is 23.2. The van der Waals surface area contributed by atoms with Crippen LogP contribution in [0.25, 0.3) is 21.9 Å². The standard InChI is InChI=1S/C32H30N2O6S/c1-32(2,3)20-9-16-28-26(17-20)34(41(36,37)23-13-11-22(38-4)12-14-23)19-30(40-28)31(35)33-21-10-15-25-24-7-5-6-8-27(24)39-29(25)18-21/h5-18,30H,19H2,1-4H3,(H,33,35)/t30-/m0/s1. The Morgan fingerprint density at radius 2 is 1.66 bits per heavy atom. The Morgan fingerprint density at radius 1 is 0.927 bits per heavy atom. The van der Waals surface area contributed by atoms with Gasteiger partial charge in [0.2, 0.25) is 0 Å².